The average molecular weight is 218 g/mol. The first-order valence-corrected chi connectivity index (χ1v) is 5.60. The molecule has 0 spiro atoms. The highest BCUT2D eigenvalue weighted by Crippen LogP contribution is 2.13. The van der Waals surface area contributed by atoms with Crippen molar-refractivity contribution in [1.82, 2.24) is 5.32 Å². The molecular weight excluding hydrogens is 204 g/mol. The number of rotatable bonds is 5. The second-order valence-electron chi connectivity index (χ2n) is 3.29. The third kappa shape index (κ3) is 3.55. The molecule has 1 aliphatic rings. The van der Waals surface area contributed by atoms with Crippen LogP contribution in [0.2, 0.25) is 0 Å². The van der Waals surface area contributed by atoms with E-state index in [1.165, 1.54) is 11.8 Å². The molecule has 0 aromatic heterocycles. The Hall–Kier alpha value is -0.750. The van der Waals surface area contributed by atoms with Crippen molar-refractivity contribution in [3.8, 4) is 0 Å². The zero-order valence-electron chi connectivity index (χ0n) is 7.73. The van der Waals surface area contributed by atoms with Gasteiger partial charge in [-0.15, -0.1) is 0 Å². The zero-order chi connectivity index (χ0) is 10.6. The van der Waals surface area contributed by atoms with Crippen molar-refractivity contribution in [3.05, 3.63) is 0 Å². The Labute approximate surface area is 86.4 Å². The Morgan fingerprint density at radius 1 is 1.79 bits per heavy atom. The molecule has 0 bridgehead atoms. The first kappa shape index (κ1) is 11.3. The fourth-order valence-electron chi connectivity index (χ4n) is 1.21. The van der Waals surface area contributed by atoms with Crippen LogP contribution >= 0.6 is 11.8 Å². The van der Waals surface area contributed by atoms with Crippen LogP contribution in [0.25, 0.3) is 0 Å². The Bertz CT molecular complexity index is 235. The highest BCUT2D eigenvalue weighted by Gasteiger charge is 2.21. The molecule has 1 unspecified atom stereocenters. The van der Waals surface area contributed by atoms with Crippen LogP contribution in [0.3, 0.4) is 0 Å². The van der Waals surface area contributed by atoms with Crippen molar-refractivity contribution in [2.75, 3.05) is 11.5 Å². The van der Waals surface area contributed by atoms with E-state index < -0.39 is 12.0 Å². The summed E-state index contributed by atoms with van der Waals surface area (Å²) in [7, 11) is 0. The van der Waals surface area contributed by atoms with Gasteiger partial charge in [0.05, 0.1) is 0 Å². The number of thioether (sulfide) groups is 1. The van der Waals surface area contributed by atoms with E-state index >= 15 is 0 Å². The number of carbonyl (C=O) groups is 2. The lowest BCUT2D eigenvalue weighted by molar-refractivity contribution is -0.137. The van der Waals surface area contributed by atoms with Gasteiger partial charge in [0, 0.05) is 24.0 Å². The van der Waals surface area contributed by atoms with Gasteiger partial charge in [0.1, 0.15) is 6.04 Å². The zero-order valence-corrected chi connectivity index (χ0v) is 8.55. The number of carbonyl (C=O) groups excluding carboxylic acids is 1. The number of hydrogen-bond donors (Lipinski definition) is 3. The number of carboxylic acid groups (broad SMARTS) is 1. The summed E-state index contributed by atoms with van der Waals surface area (Å²) in [5, 5.41) is 11.3. The van der Waals surface area contributed by atoms with Crippen LogP contribution in [0.4, 0.5) is 0 Å². The summed E-state index contributed by atoms with van der Waals surface area (Å²) in [5.74, 6) is 0.236. The molecule has 0 radical (unpaired) electrons. The van der Waals surface area contributed by atoms with Gasteiger partial charge < -0.3 is 16.2 Å². The molecule has 4 N–H and O–H groups in total. The molecule has 0 saturated carbocycles. The first-order valence-electron chi connectivity index (χ1n) is 4.45. The molecule has 1 saturated heterocycles. The predicted octanol–water partition coefficient (Wildman–Crippen LogP) is -0.590. The minimum Gasteiger partial charge on any atom is -0.480 e. The summed E-state index contributed by atoms with van der Waals surface area (Å²) in [5.41, 5.74) is 5.32. The molecule has 1 aliphatic heterocycles. The molecule has 0 aromatic rings. The maximum Gasteiger partial charge on any atom is 0.321 e. The van der Waals surface area contributed by atoms with E-state index in [2.05, 4.69) is 5.32 Å². The average Bonchev–Trinajstić information content (AvgIpc) is 2.51. The van der Waals surface area contributed by atoms with Crippen LogP contribution in [-0.2, 0) is 9.59 Å². The fraction of sp³-hybridized carbons (Fsp3) is 0.750. The molecule has 14 heavy (non-hydrogen) atoms. The SMILES string of the molecule is N[C@@H](CSCC1CCC(=O)N1)C(=O)O. The second-order valence-corrected chi connectivity index (χ2v) is 4.36. The summed E-state index contributed by atoms with van der Waals surface area (Å²) >= 11 is 1.47. The molecule has 1 amide bonds. The molecule has 1 heterocycles. The topological polar surface area (TPSA) is 92.4 Å². The van der Waals surface area contributed by atoms with Crippen molar-refractivity contribution in [2.45, 2.75) is 24.9 Å². The molecule has 0 aliphatic carbocycles. The van der Waals surface area contributed by atoms with E-state index in [4.69, 9.17) is 10.8 Å². The van der Waals surface area contributed by atoms with Gasteiger partial charge in [-0.1, -0.05) is 0 Å². The van der Waals surface area contributed by atoms with Crippen molar-refractivity contribution in [2.24, 2.45) is 5.73 Å². The summed E-state index contributed by atoms with van der Waals surface area (Å²) in [6, 6.07) is -0.620. The van der Waals surface area contributed by atoms with Gasteiger partial charge in [-0.2, -0.15) is 11.8 Å². The Morgan fingerprint density at radius 2 is 2.50 bits per heavy atom. The van der Waals surface area contributed by atoms with Gasteiger partial charge in [0.2, 0.25) is 5.91 Å². The predicted molar refractivity (Wildman–Crippen MR) is 54.1 cm³/mol. The van der Waals surface area contributed by atoms with Crippen LogP contribution in [0.5, 0.6) is 0 Å². The van der Waals surface area contributed by atoms with E-state index in [0.29, 0.717) is 12.2 Å². The van der Waals surface area contributed by atoms with E-state index in [1.807, 2.05) is 0 Å². The summed E-state index contributed by atoms with van der Waals surface area (Å²) in [6.07, 6.45) is 1.42. The Balaban J connectivity index is 2.09. The molecule has 0 aromatic carbocycles. The smallest absolute Gasteiger partial charge is 0.321 e. The molecule has 5 nitrogen and oxygen atoms in total. The molecule has 1 fully saturated rings. The van der Waals surface area contributed by atoms with Crippen LogP contribution in [0.15, 0.2) is 0 Å². The minimum atomic E-state index is -0.979. The first-order chi connectivity index (χ1) is 6.59. The van der Waals surface area contributed by atoms with Gasteiger partial charge in [-0.25, -0.2) is 0 Å². The summed E-state index contributed by atoms with van der Waals surface area (Å²) in [4.78, 5) is 21.2. The van der Waals surface area contributed by atoms with Crippen molar-refractivity contribution >= 4 is 23.6 Å². The Kier molecular flexibility index (Phi) is 4.21. The van der Waals surface area contributed by atoms with Gasteiger partial charge in [0.15, 0.2) is 0 Å². The van der Waals surface area contributed by atoms with Crippen molar-refractivity contribution < 1.29 is 14.7 Å². The normalized spacial score (nSPS) is 23.2. The third-order valence-corrected chi connectivity index (χ3v) is 3.25. The lowest BCUT2D eigenvalue weighted by Gasteiger charge is -2.10. The maximum atomic E-state index is 10.8. The van der Waals surface area contributed by atoms with Crippen molar-refractivity contribution in [1.29, 1.82) is 0 Å². The number of nitrogens with one attached hydrogen (secondary N) is 1. The Morgan fingerprint density at radius 3 is 3.00 bits per heavy atom. The minimum absolute atomic E-state index is 0.0816. The van der Waals surface area contributed by atoms with Crippen molar-refractivity contribution in [3.63, 3.8) is 0 Å². The van der Waals surface area contributed by atoms with E-state index in [-0.39, 0.29) is 11.9 Å². The van der Waals surface area contributed by atoms with Gasteiger partial charge in [-0.3, -0.25) is 9.59 Å². The fourth-order valence-corrected chi connectivity index (χ4v) is 2.28. The van der Waals surface area contributed by atoms with Gasteiger partial charge >= 0.3 is 5.97 Å². The molecule has 6 heteroatoms. The lowest BCUT2D eigenvalue weighted by atomic mass is 10.2. The molecule has 1 rings (SSSR count). The van der Waals surface area contributed by atoms with E-state index in [9.17, 15) is 9.59 Å². The number of nitrogens with two attached hydrogens (primary N) is 1. The number of carboxylic acids is 1. The molecular formula is C8H14N2O3S. The van der Waals surface area contributed by atoms with Gasteiger partial charge in [-0.05, 0) is 6.42 Å². The number of hydrogen-bond acceptors (Lipinski definition) is 4. The quantitative estimate of drug-likeness (QED) is 0.573. The van der Waals surface area contributed by atoms with Crippen LogP contribution in [-0.4, -0.2) is 40.6 Å². The van der Waals surface area contributed by atoms with Crippen LogP contribution < -0.4 is 11.1 Å². The monoisotopic (exact) mass is 218 g/mol. The third-order valence-electron chi connectivity index (χ3n) is 2.02. The maximum absolute atomic E-state index is 10.8. The molecule has 80 valence electrons. The lowest BCUT2D eigenvalue weighted by Crippen LogP contribution is -2.34. The highest BCUT2D eigenvalue weighted by atomic mass is 32.2. The largest absolute Gasteiger partial charge is 0.480 e. The van der Waals surface area contributed by atoms with Crippen LogP contribution in [0, 0.1) is 0 Å². The van der Waals surface area contributed by atoms with Gasteiger partial charge in [0.25, 0.3) is 0 Å². The number of amides is 1. The van der Waals surface area contributed by atoms with E-state index in [1.54, 1.807) is 0 Å². The molecule has 2 atom stereocenters. The highest BCUT2D eigenvalue weighted by molar-refractivity contribution is 7.99. The summed E-state index contributed by atoms with van der Waals surface area (Å²) in [6.45, 7) is 0. The number of aliphatic carboxylic acids is 1. The standard InChI is InChI=1S/C8H14N2O3S/c9-6(8(12)13)4-14-3-5-1-2-7(11)10-5/h5-6H,1-4,9H2,(H,10,11)(H,12,13)/t5?,6-/m0/s1. The second kappa shape index (κ2) is 5.21. The van der Waals surface area contributed by atoms with Crippen LogP contribution in [0.1, 0.15) is 12.8 Å². The summed E-state index contributed by atoms with van der Waals surface area (Å²) < 4.78 is 0. The van der Waals surface area contributed by atoms with E-state index in [0.717, 1.165) is 12.2 Å².